The van der Waals surface area contributed by atoms with Gasteiger partial charge in [0, 0.05) is 36.5 Å². The molecule has 2 rings (SSSR count). The van der Waals surface area contributed by atoms with E-state index in [1.165, 1.54) is 11.8 Å². The molecular weight excluding hydrogens is 578 g/mol. The Morgan fingerprint density at radius 3 is 2.23 bits per heavy atom. The number of carboxylic acid groups (broad SMARTS) is 1. The Morgan fingerprint density at radius 1 is 0.930 bits per heavy atom. The SMILES string of the molecule is CSCCC(NC(=O)C(CCCN=C(N)N)NC(=O)C(Cc1c[nH]c2ccccc12)NC(=O)C(N)CCC(N)=O)C(=O)O. The van der Waals surface area contributed by atoms with Crippen molar-refractivity contribution in [3.05, 3.63) is 36.0 Å². The van der Waals surface area contributed by atoms with Crippen molar-refractivity contribution in [2.24, 2.45) is 27.9 Å². The molecule has 1 heterocycles. The van der Waals surface area contributed by atoms with E-state index in [1.807, 2.05) is 30.5 Å². The highest BCUT2D eigenvalue weighted by molar-refractivity contribution is 7.98. The standard InChI is InChI=1S/C27H41N9O6S/c1-43-12-10-20(26(41)42)35-24(39)19(7-4-11-32-27(30)31)34-25(40)21(36-23(38)17(28)8-9-22(29)37)13-15-14-33-18-6-3-2-5-16(15)18/h2-3,5-6,14,17,19-21,33H,4,7-13,28H2,1H3,(H2,29,37)(H,34,40)(H,35,39)(H,36,38)(H,41,42)(H4,30,31,32). The minimum absolute atomic E-state index is 0.0228. The van der Waals surface area contributed by atoms with Gasteiger partial charge in [0.15, 0.2) is 5.96 Å². The molecule has 0 aliphatic carbocycles. The summed E-state index contributed by atoms with van der Waals surface area (Å²) >= 11 is 1.43. The minimum Gasteiger partial charge on any atom is -0.480 e. The maximum atomic E-state index is 13.7. The number of guanidine groups is 1. The second-order valence-electron chi connectivity index (χ2n) is 9.93. The molecule has 0 saturated heterocycles. The van der Waals surface area contributed by atoms with Gasteiger partial charge in [-0.3, -0.25) is 24.2 Å². The van der Waals surface area contributed by atoms with Crippen molar-refractivity contribution in [1.82, 2.24) is 20.9 Å². The number of aromatic nitrogens is 1. The minimum atomic E-state index is -1.21. The Kier molecular flexibility index (Phi) is 14.3. The average Bonchev–Trinajstić information content (AvgIpc) is 3.37. The first-order chi connectivity index (χ1) is 20.4. The van der Waals surface area contributed by atoms with Crippen LogP contribution in [0, 0.1) is 0 Å². The van der Waals surface area contributed by atoms with Gasteiger partial charge in [0.25, 0.3) is 0 Å². The number of aliphatic imine (C=N–C) groups is 1. The van der Waals surface area contributed by atoms with Crippen LogP contribution in [0.3, 0.4) is 0 Å². The second-order valence-corrected chi connectivity index (χ2v) is 10.9. The summed E-state index contributed by atoms with van der Waals surface area (Å²) in [5.41, 5.74) is 23.4. The molecular formula is C27H41N9O6S. The lowest BCUT2D eigenvalue weighted by Gasteiger charge is -2.25. The van der Waals surface area contributed by atoms with Gasteiger partial charge in [0.05, 0.1) is 6.04 Å². The fourth-order valence-corrected chi connectivity index (χ4v) is 4.72. The molecule has 236 valence electrons. The highest BCUT2D eigenvalue weighted by Gasteiger charge is 2.31. The molecule has 0 spiro atoms. The molecule has 0 radical (unpaired) electrons. The summed E-state index contributed by atoms with van der Waals surface area (Å²) in [5, 5.41) is 18.2. The van der Waals surface area contributed by atoms with Gasteiger partial charge in [-0.1, -0.05) is 18.2 Å². The van der Waals surface area contributed by atoms with Crippen molar-refractivity contribution >= 4 is 58.2 Å². The van der Waals surface area contributed by atoms with Gasteiger partial charge >= 0.3 is 5.97 Å². The van der Waals surface area contributed by atoms with E-state index in [0.717, 1.165) is 16.5 Å². The van der Waals surface area contributed by atoms with Crippen LogP contribution >= 0.6 is 11.8 Å². The number of hydrogen-bond acceptors (Lipinski definition) is 8. The largest absolute Gasteiger partial charge is 0.480 e. The zero-order chi connectivity index (χ0) is 31.9. The number of H-pyrrole nitrogens is 1. The number of carbonyl (C=O) groups excluding carboxylic acids is 4. The first kappa shape index (κ1) is 34.9. The number of nitrogens with one attached hydrogen (secondary N) is 4. The number of hydrogen-bond donors (Lipinski definition) is 9. The van der Waals surface area contributed by atoms with Gasteiger partial charge in [-0.15, -0.1) is 0 Å². The molecule has 0 aliphatic rings. The van der Waals surface area contributed by atoms with E-state index in [2.05, 4.69) is 25.9 Å². The quantitative estimate of drug-likeness (QED) is 0.0506. The van der Waals surface area contributed by atoms with Gasteiger partial charge in [0.2, 0.25) is 23.6 Å². The topological polar surface area (TPSA) is 274 Å². The molecule has 1 aromatic heterocycles. The van der Waals surface area contributed by atoms with E-state index in [9.17, 15) is 29.1 Å². The molecule has 0 saturated carbocycles. The Labute approximate surface area is 253 Å². The average molecular weight is 620 g/mol. The number of rotatable bonds is 19. The van der Waals surface area contributed by atoms with Crippen molar-refractivity contribution in [1.29, 1.82) is 0 Å². The fraction of sp³-hybridized carbons (Fsp3) is 0.481. The molecule has 15 nitrogen and oxygen atoms in total. The molecule has 4 atom stereocenters. The van der Waals surface area contributed by atoms with E-state index < -0.39 is 53.8 Å². The van der Waals surface area contributed by atoms with E-state index in [0.29, 0.717) is 5.75 Å². The molecule has 1 aromatic carbocycles. The molecule has 4 unspecified atom stereocenters. The van der Waals surface area contributed by atoms with Gasteiger partial charge in [0.1, 0.15) is 18.1 Å². The maximum absolute atomic E-state index is 13.7. The number of nitrogens with zero attached hydrogens (tertiary/aromatic N) is 1. The number of primary amides is 1. The Morgan fingerprint density at radius 2 is 1.58 bits per heavy atom. The number of aliphatic carboxylic acids is 1. The van der Waals surface area contributed by atoms with Gasteiger partial charge in [-0.25, -0.2) is 4.79 Å². The molecule has 2 aromatic rings. The highest BCUT2D eigenvalue weighted by Crippen LogP contribution is 2.19. The lowest BCUT2D eigenvalue weighted by atomic mass is 10.0. The van der Waals surface area contributed by atoms with E-state index >= 15 is 0 Å². The second kappa shape index (κ2) is 17.6. The number of benzene rings is 1. The van der Waals surface area contributed by atoms with Crippen LogP contribution in [0.1, 0.15) is 37.7 Å². The Balaban J connectivity index is 2.31. The summed E-state index contributed by atoms with van der Waals surface area (Å²) in [4.78, 5) is 69.7. The van der Waals surface area contributed by atoms with Crippen LogP contribution < -0.4 is 38.9 Å². The monoisotopic (exact) mass is 619 g/mol. The van der Waals surface area contributed by atoms with Crippen molar-refractivity contribution in [2.45, 2.75) is 62.7 Å². The van der Waals surface area contributed by atoms with Gasteiger partial charge in [-0.05, 0) is 49.3 Å². The number of amides is 4. The third-order valence-corrected chi connectivity index (χ3v) is 7.22. The Bertz CT molecular complexity index is 1300. The van der Waals surface area contributed by atoms with E-state index in [4.69, 9.17) is 22.9 Å². The van der Waals surface area contributed by atoms with Crippen molar-refractivity contribution in [3.63, 3.8) is 0 Å². The number of carboxylic acids is 1. The van der Waals surface area contributed by atoms with Crippen molar-refractivity contribution < 1.29 is 29.1 Å². The Hall–Kier alpha value is -4.31. The van der Waals surface area contributed by atoms with Crippen LogP contribution in [0.15, 0.2) is 35.5 Å². The number of nitrogens with two attached hydrogens (primary N) is 4. The summed E-state index contributed by atoms with van der Waals surface area (Å²) < 4.78 is 0. The molecule has 13 N–H and O–H groups in total. The smallest absolute Gasteiger partial charge is 0.326 e. The lowest BCUT2D eigenvalue weighted by Crippen LogP contribution is -2.57. The zero-order valence-corrected chi connectivity index (χ0v) is 24.8. The summed E-state index contributed by atoms with van der Waals surface area (Å²) in [6, 6.07) is 2.78. The van der Waals surface area contributed by atoms with Crippen LogP contribution in [0.5, 0.6) is 0 Å². The number of para-hydroxylation sites is 1. The summed E-state index contributed by atoms with van der Waals surface area (Å²) in [7, 11) is 0. The van der Waals surface area contributed by atoms with Crippen molar-refractivity contribution in [2.75, 3.05) is 18.6 Å². The molecule has 0 aliphatic heterocycles. The van der Waals surface area contributed by atoms with Gasteiger partial charge in [-0.2, -0.15) is 11.8 Å². The molecule has 0 fully saturated rings. The molecule has 16 heteroatoms. The van der Waals surface area contributed by atoms with Crippen LogP contribution in [0.2, 0.25) is 0 Å². The lowest BCUT2D eigenvalue weighted by molar-refractivity contribution is -0.142. The fourth-order valence-electron chi connectivity index (χ4n) is 4.25. The third-order valence-electron chi connectivity index (χ3n) is 6.57. The molecule has 43 heavy (non-hydrogen) atoms. The maximum Gasteiger partial charge on any atom is 0.326 e. The zero-order valence-electron chi connectivity index (χ0n) is 24.0. The van der Waals surface area contributed by atoms with E-state index in [-0.39, 0.29) is 51.0 Å². The highest BCUT2D eigenvalue weighted by atomic mass is 32.2. The van der Waals surface area contributed by atoms with Crippen LogP contribution in [0.25, 0.3) is 10.9 Å². The molecule has 4 amide bonds. The number of aromatic amines is 1. The summed E-state index contributed by atoms with van der Waals surface area (Å²) in [6.45, 7) is 0.168. The first-order valence-electron chi connectivity index (χ1n) is 13.7. The summed E-state index contributed by atoms with van der Waals surface area (Å²) in [5.74, 6) is -3.56. The predicted octanol–water partition coefficient (Wildman–Crippen LogP) is -1.35. The van der Waals surface area contributed by atoms with Crippen molar-refractivity contribution in [3.8, 4) is 0 Å². The van der Waals surface area contributed by atoms with Crippen LogP contribution in [0.4, 0.5) is 0 Å². The van der Waals surface area contributed by atoms with Crippen LogP contribution in [-0.2, 0) is 30.4 Å². The van der Waals surface area contributed by atoms with Crippen LogP contribution in [-0.4, -0.2) is 88.4 Å². The van der Waals surface area contributed by atoms with Gasteiger partial charge < -0.3 is 49.0 Å². The number of carbonyl (C=O) groups is 5. The third kappa shape index (κ3) is 11.8. The normalized spacial score (nSPS) is 13.7. The van der Waals surface area contributed by atoms with E-state index in [1.54, 1.807) is 6.20 Å². The predicted molar refractivity (Wildman–Crippen MR) is 165 cm³/mol. The first-order valence-corrected chi connectivity index (χ1v) is 15.1. The number of fused-ring (bicyclic) bond motifs is 1. The molecule has 0 bridgehead atoms. The summed E-state index contributed by atoms with van der Waals surface area (Å²) in [6.07, 6.45) is 3.98. The number of thioether (sulfide) groups is 1.